The minimum Gasteiger partial charge on any atom is -0.497 e. The van der Waals surface area contributed by atoms with Crippen molar-refractivity contribution in [1.82, 2.24) is 14.5 Å². The van der Waals surface area contributed by atoms with Gasteiger partial charge < -0.3 is 14.2 Å². The first kappa shape index (κ1) is 19.8. The zero-order chi connectivity index (χ0) is 21.2. The predicted molar refractivity (Wildman–Crippen MR) is 124 cm³/mol. The lowest BCUT2D eigenvalue weighted by molar-refractivity contribution is 0.0715. The van der Waals surface area contributed by atoms with Gasteiger partial charge in [0.1, 0.15) is 11.6 Å². The normalized spacial score (nSPS) is 14.8. The van der Waals surface area contributed by atoms with Crippen LogP contribution in [0.1, 0.15) is 39.8 Å². The standard InChI is InChI=1S/C25H25N3O2S/c1-30-21-8-6-18(7-9-21)17-28-15-12-26-24(28)19-10-13-27(14-11-19)25(29)23-16-20-4-2-3-5-22(20)31-23/h2-9,12,15-16,19H,10-11,13-14,17H2,1H3. The Kier molecular flexibility index (Phi) is 5.47. The van der Waals surface area contributed by atoms with E-state index in [1.807, 2.05) is 47.6 Å². The maximum absolute atomic E-state index is 13.0. The molecule has 1 aliphatic rings. The van der Waals surface area contributed by atoms with Crippen molar-refractivity contribution in [3.05, 3.63) is 83.3 Å². The third kappa shape index (κ3) is 4.08. The van der Waals surface area contributed by atoms with Crippen LogP contribution in [0.4, 0.5) is 0 Å². The van der Waals surface area contributed by atoms with Crippen LogP contribution in [-0.4, -0.2) is 40.6 Å². The highest BCUT2D eigenvalue weighted by atomic mass is 32.1. The highest BCUT2D eigenvalue weighted by Gasteiger charge is 2.27. The molecule has 0 bridgehead atoms. The van der Waals surface area contributed by atoms with E-state index in [1.54, 1.807) is 18.4 Å². The number of carbonyl (C=O) groups excluding carboxylic acids is 1. The molecular formula is C25H25N3O2S. The summed E-state index contributed by atoms with van der Waals surface area (Å²) in [6.45, 7) is 2.33. The first-order valence-electron chi connectivity index (χ1n) is 10.6. The average Bonchev–Trinajstić information content (AvgIpc) is 3.46. The molecule has 6 heteroatoms. The number of carbonyl (C=O) groups is 1. The number of aromatic nitrogens is 2. The number of benzene rings is 2. The van der Waals surface area contributed by atoms with Gasteiger partial charge in [-0.25, -0.2) is 4.98 Å². The van der Waals surface area contributed by atoms with Gasteiger partial charge in [0.2, 0.25) is 0 Å². The van der Waals surface area contributed by atoms with Gasteiger partial charge in [0.05, 0.1) is 12.0 Å². The molecule has 3 heterocycles. The van der Waals surface area contributed by atoms with Crippen LogP contribution in [0.2, 0.25) is 0 Å². The summed E-state index contributed by atoms with van der Waals surface area (Å²) < 4.78 is 8.65. The van der Waals surface area contributed by atoms with Crippen molar-refractivity contribution >= 4 is 27.3 Å². The Morgan fingerprint density at radius 1 is 1.13 bits per heavy atom. The van der Waals surface area contributed by atoms with Gasteiger partial charge in [-0.1, -0.05) is 30.3 Å². The molecule has 158 valence electrons. The van der Waals surface area contributed by atoms with Gasteiger partial charge in [-0.3, -0.25) is 4.79 Å². The second-order valence-corrected chi connectivity index (χ2v) is 9.06. The lowest BCUT2D eigenvalue weighted by Gasteiger charge is -2.31. The molecule has 0 spiro atoms. The van der Waals surface area contributed by atoms with Gasteiger partial charge in [-0.15, -0.1) is 11.3 Å². The van der Waals surface area contributed by atoms with Crippen LogP contribution in [-0.2, 0) is 6.54 Å². The van der Waals surface area contributed by atoms with E-state index < -0.39 is 0 Å². The number of piperidine rings is 1. The number of hydrogen-bond acceptors (Lipinski definition) is 4. The maximum atomic E-state index is 13.0. The number of rotatable bonds is 5. The molecule has 0 N–H and O–H groups in total. The molecule has 2 aromatic heterocycles. The predicted octanol–water partition coefficient (Wildman–Crippen LogP) is 5.17. The molecule has 31 heavy (non-hydrogen) atoms. The minimum atomic E-state index is 0.154. The third-order valence-electron chi connectivity index (χ3n) is 6.04. The first-order chi connectivity index (χ1) is 15.2. The Bertz CT molecular complexity index is 1150. The van der Waals surface area contributed by atoms with E-state index in [0.29, 0.717) is 5.92 Å². The van der Waals surface area contributed by atoms with Crippen molar-refractivity contribution in [2.75, 3.05) is 20.2 Å². The van der Waals surface area contributed by atoms with Gasteiger partial charge in [-0.05, 0) is 48.1 Å². The first-order valence-corrected chi connectivity index (χ1v) is 11.4. The Labute approximate surface area is 185 Å². The largest absolute Gasteiger partial charge is 0.497 e. The second-order valence-electron chi connectivity index (χ2n) is 7.98. The van der Waals surface area contributed by atoms with E-state index in [9.17, 15) is 4.79 Å². The summed E-state index contributed by atoms with van der Waals surface area (Å²) in [6.07, 6.45) is 5.81. The number of fused-ring (bicyclic) bond motifs is 1. The lowest BCUT2D eigenvalue weighted by atomic mass is 9.95. The molecule has 2 aromatic carbocycles. The molecule has 1 amide bonds. The van der Waals surface area contributed by atoms with Crippen molar-refractivity contribution in [1.29, 1.82) is 0 Å². The van der Waals surface area contributed by atoms with Gasteiger partial charge >= 0.3 is 0 Å². The van der Waals surface area contributed by atoms with E-state index in [2.05, 4.69) is 33.8 Å². The fourth-order valence-electron chi connectivity index (χ4n) is 4.33. The average molecular weight is 432 g/mol. The number of methoxy groups -OCH3 is 1. The highest BCUT2D eigenvalue weighted by molar-refractivity contribution is 7.20. The molecule has 0 aliphatic carbocycles. The quantitative estimate of drug-likeness (QED) is 0.438. The molecule has 5 nitrogen and oxygen atoms in total. The smallest absolute Gasteiger partial charge is 0.263 e. The van der Waals surface area contributed by atoms with Crippen LogP contribution in [0.3, 0.4) is 0 Å². The fraction of sp³-hybridized carbons (Fsp3) is 0.280. The Morgan fingerprint density at radius 2 is 1.90 bits per heavy atom. The molecule has 0 radical (unpaired) electrons. The SMILES string of the molecule is COc1ccc(Cn2ccnc2C2CCN(C(=O)c3cc4ccccc4s3)CC2)cc1. The topological polar surface area (TPSA) is 47.4 Å². The second kappa shape index (κ2) is 8.55. The molecule has 1 saturated heterocycles. The van der Waals surface area contributed by atoms with Crippen LogP contribution in [0.25, 0.3) is 10.1 Å². The van der Waals surface area contributed by atoms with Crippen LogP contribution in [0.15, 0.2) is 67.0 Å². The summed E-state index contributed by atoms with van der Waals surface area (Å²) in [5.74, 6) is 2.51. The van der Waals surface area contributed by atoms with E-state index in [4.69, 9.17) is 4.74 Å². The summed E-state index contributed by atoms with van der Waals surface area (Å²) in [7, 11) is 1.68. The van der Waals surface area contributed by atoms with Crippen LogP contribution in [0, 0.1) is 0 Å². The van der Waals surface area contributed by atoms with Gasteiger partial charge in [0, 0.05) is 42.6 Å². The van der Waals surface area contributed by atoms with Gasteiger partial charge in [-0.2, -0.15) is 0 Å². The zero-order valence-electron chi connectivity index (χ0n) is 17.5. The molecule has 4 aromatic rings. The van der Waals surface area contributed by atoms with Crippen molar-refractivity contribution in [3.8, 4) is 5.75 Å². The van der Waals surface area contributed by atoms with Crippen molar-refractivity contribution in [2.24, 2.45) is 0 Å². The Morgan fingerprint density at radius 3 is 2.65 bits per heavy atom. The van der Waals surface area contributed by atoms with Crippen molar-refractivity contribution < 1.29 is 9.53 Å². The van der Waals surface area contributed by atoms with Crippen molar-refractivity contribution in [3.63, 3.8) is 0 Å². The number of likely N-dealkylation sites (tertiary alicyclic amines) is 1. The molecule has 0 unspecified atom stereocenters. The van der Waals surface area contributed by atoms with E-state index in [1.165, 1.54) is 10.3 Å². The molecule has 1 fully saturated rings. The van der Waals surface area contributed by atoms with Gasteiger partial charge in [0.15, 0.2) is 0 Å². The zero-order valence-corrected chi connectivity index (χ0v) is 18.3. The summed E-state index contributed by atoms with van der Waals surface area (Å²) in [5.41, 5.74) is 1.22. The lowest BCUT2D eigenvalue weighted by Crippen LogP contribution is -2.38. The summed E-state index contributed by atoms with van der Waals surface area (Å²) in [6, 6.07) is 18.4. The van der Waals surface area contributed by atoms with E-state index in [-0.39, 0.29) is 5.91 Å². The number of amides is 1. The molecule has 0 atom stereocenters. The van der Waals surface area contributed by atoms with E-state index >= 15 is 0 Å². The van der Waals surface area contributed by atoms with Gasteiger partial charge in [0.25, 0.3) is 5.91 Å². The molecule has 1 aliphatic heterocycles. The summed E-state index contributed by atoms with van der Waals surface area (Å²) >= 11 is 1.59. The molecular weight excluding hydrogens is 406 g/mol. The van der Waals surface area contributed by atoms with Crippen LogP contribution in [0.5, 0.6) is 5.75 Å². The molecule has 5 rings (SSSR count). The summed E-state index contributed by atoms with van der Waals surface area (Å²) in [5, 5.41) is 1.14. The van der Waals surface area contributed by atoms with Crippen molar-refractivity contribution in [2.45, 2.75) is 25.3 Å². The van der Waals surface area contributed by atoms with Crippen LogP contribution < -0.4 is 4.74 Å². The number of hydrogen-bond donors (Lipinski definition) is 0. The van der Waals surface area contributed by atoms with Crippen LogP contribution >= 0.6 is 11.3 Å². The highest BCUT2D eigenvalue weighted by Crippen LogP contribution is 2.31. The monoisotopic (exact) mass is 431 g/mol. The number of ether oxygens (including phenoxy) is 1. The Hall–Kier alpha value is -3.12. The maximum Gasteiger partial charge on any atom is 0.263 e. The number of imidazole rings is 1. The fourth-order valence-corrected chi connectivity index (χ4v) is 5.36. The Balaban J connectivity index is 1.24. The molecule has 0 saturated carbocycles. The number of thiophene rings is 1. The van der Waals surface area contributed by atoms with E-state index in [0.717, 1.165) is 54.3 Å². The summed E-state index contributed by atoms with van der Waals surface area (Å²) in [4.78, 5) is 20.5. The third-order valence-corrected chi connectivity index (χ3v) is 7.15. The number of nitrogens with zero attached hydrogens (tertiary/aromatic N) is 3. The minimum absolute atomic E-state index is 0.154.